The highest BCUT2D eigenvalue weighted by Gasteiger charge is 2.16. The SMILES string of the molecule is CC(C)(C)OC(=O)Nc1ccc(NC(=O)c2nccs2)cc1. The van der Waals surface area contributed by atoms with Crippen LogP contribution in [0.15, 0.2) is 35.8 Å². The third-order valence-electron chi connectivity index (χ3n) is 2.41. The first-order valence-electron chi connectivity index (χ1n) is 6.64. The molecule has 0 aliphatic heterocycles. The summed E-state index contributed by atoms with van der Waals surface area (Å²) in [6.07, 6.45) is 1.06. The van der Waals surface area contributed by atoms with E-state index in [0.717, 1.165) is 0 Å². The molecule has 2 rings (SSSR count). The van der Waals surface area contributed by atoms with E-state index in [1.54, 1.807) is 56.6 Å². The maximum Gasteiger partial charge on any atom is 0.412 e. The second kappa shape index (κ2) is 6.57. The van der Waals surface area contributed by atoms with Gasteiger partial charge in [-0.05, 0) is 45.0 Å². The van der Waals surface area contributed by atoms with Gasteiger partial charge in [-0.2, -0.15) is 0 Å². The molecule has 1 aromatic carbocycles. The van der Waals surface area contributed by atoms with E-state index in [1.165, 1.54) is 11.3 Å². The number of hydrogen-bond donors (Lipinski definition) is 2. The number of thiazole rings is 1. The Kier molecular flexibility index (Phi) is 4.77. The Labute approximate surface area is 132 Å². The summed E-state index contributed by atoms with van der Waals surface area (Å²) in [5.74, 6) is -0.261. The molecule has 6 nitrogen and oxygen atoms in total. The molecule has 1 aromatic heterocycles. The van der Waals surface area contributed by atoms with Gasteiger partial charge in [0.05, 0.1) is 0 Å². The summed E-state index contributed by atoms with van der Waals surface area (Å²) in [6, 6.07) is 6.75. The monoisotopic (exact) mass is 319 g/mol. The maximum atomic E-state index is 11.8. The summed E-state index contributed by atoms with van der Waals surface area (Å²) in [7, 11) is 0. The van der Waals surface area contributed by atoms with Gasteiger partial charge in [-0.3, -0.25) is 10.1 Å². The van der Waals surface area contributed by atoms with Crippen LogP contribution in [0.4, 0.5) is 16.2 Å². The summed E-state index contributed by atoms with van der Waals surface area (Å²) < 4.78 is 5.16. The van der Waals surface area contributed by atoms with E-state index in [1.807, 2.05) is 0 Å². The minimum absolute atomic E-state index is 0.261. The number of carbonyl (C=O) groups is 2. The average Bonchev–Trinajstić information content (AvgIpc) is 2.92. The fourth-order valence-corrected chi connectivity index (χ4v) is 2.11. The molecule has 0 aliphatic carbocycles. The van der Waals surface area contributed by atoms with Crippen LogP contribution in [-0.4, -0.2) is 22.6 Å². The van der Waals surface area contributed by atoms with Crippen molar-refractivity contribution < 1.29 is 14.3 Å². The molecule has 2 aromatic rings. The highest BCUT2D eigenvalue weighted by Crippen LogP contribution is 2.16. The van der Waals surface area contributed by atoms with Crippen LogP contribution in [-0.2, 0) is 4.74 Å². The van der Waals surface area contributed by atoms with Crippen LogP contribution in [0.1, 0.15) is 30.6 Å². The van der Waals surface area contributed by atoms with E-state index >= 15 is 0 Å². The third-order valence-corrected chi connectivity index (χ3v) is 3.19. The molecule has 0 bridgehead atoms. The molecule has 0 fully saturated rings. The van der Waals surface area contributed by atoms with E-state index in [2.05, 4.69) is 15.6 Å². The molecule has 0 saturated heterocycles. The van der Waals surface area contributed by atoms with Crippen LogP contribution in [0, 0.1) is 0 Å². The van der Waals surface area contributed by atoms with Gasteiger partial charge in [0.2, 0.25) is 0 Å². The van der Waals surface area contributed by atoms with Gasteiger partial charge in [0.25, 0.3) is 5.91 Å². The fraction of sp³-hybridized carbons (Fsp3) is 0.267. The molecule has 2 amide bonds. The minimum Gasteiger partial charge on any atom is -0.444 e. The molecule has 0 atom stereocenters. The van der Waals surface area contributed by atoms with Crippen LogP contribution in [0.25, 0.3) is 0 Å². The lowest BCUT2D eigenvalue weighted by molar-refractivity contribution is 0.0635. The van der Waals surface area contributed by atoms with Gasteiger partial charge in [0.1, 0.15) is 5.60 Å². The van der Waals surface area contributed by atoms with E-state index in [4.69, 9.17) is 4.74 Å². The normalized spacial score (nSPS) is 10.9. The van der Waals surface area contributed by atoms with Crippen molar-refractivity contribution in [2.75, 3.05) is 10.6 Å². The molecule has 2 N–H and O–H groups in total. The van der Waals surface area contributed by atoms with Gasteiger partial charge >= 0.3 is 6.09 Å². The molecule has 22 heavy (non-hydrogen) atoms. The summed E-state index contributed by atoms with van der Waals surface area (Å²) in [6.45, 7) is 5.39. The summed E-state index contributed by atoms with van der Waals surface area (Å²) in [5.41, 5.74) is 0.655. The van der Waals surface area contributed by atoms with E-state index in [-0.39, 0.29) is 5.91 Å². The maximum absolute atomic E-state index is 11.8. The van der Waals surface area contributed by atoms with Crippen molar-refractivity contribution in [3.8, 4) is 0 Å². The Morgan fingerprint density at radius 3 is 2.18 bits per heavy atom. The Bertz CT molecular complexity index is 646. The molecule has 0 radical (unpaired) electrons. The summed E-state index contributed by atoms with van der Waals surface area (Å²) in [4.78, 5) is 27.4. The van der Waals surface area contributed by atoms with Gasteiger partial charge in [-0.25, -0.2) is 9.78 Å². The zero-order valence-electron chi connectivity index (χ0n) is 12.5. The van der Waals surface area contributed by atoms with Crippen LogP contribution < -0.4 is 10.6 Å². The average molecular weight is 319 g/mol. The number of benzene rings is 1. The van der Waals surface area contributed by atoms with Gasteiger partial charge in [-0.1, -0.05) is 0 Å². The molecule has 0 aliphatic rings. The Morgan fingerprint density at radius 2 is 1.68 bits per heavy atom. The first-order chi connectivity index (χ1) is 10.3. The fourth-order valence-electron chi connectivity index (χ4n) is 1.58. The van der Waals surface area contributed by atoms with Crippen LogP contribution in [0.5, 0.6) is 0 Å². The summed E-state index contributed by atoms with van der Waals surface area (Å²) >= 11 is 1.27. The molecule has 0 saturated carbocycles. The van der Waals surface area contributed by atoms with Crippen LogP contribution >= 0.6 is 11.3 Å². The summed E-state index contributed by atoms with van der Waals surface area (Å²) in [5, 5.41) is 7.49. The lowest BCUT2D eigenvalue weighted by Crippen LogP contribution is -2.27. The quantitative estimate of drug-likeness (QED) is 0.903. The van der Waals surface area contributed by atoms with Crippen molar-refractivity contribution in [2.45, 2.75) is 26.4 Å². The number of rotatable bonds is 3. The smallest absolute Gasteiger partial charge is 0.412 e. The molecule has 116 valence electrons. The molecule has 1 heterocycles. The number of nitrogens with zero attached hydrogens (tertiary/aromatic N) is 1. The lowest BCUT2D eigenvalue weighted by Gasteiger charge is -2.19. The molecule has 7 heteroatoms. The predicted octanol–water partition coefficient (Wildman–Crippen LogP) is 3.74. The molecular weight excluding hydrogens is 302 g/mol. The van der Waals surface area contributed by atoms with Gasteiger partial charge in [-0.15, -0.1) is 11.3 Å². The van der Waals surface area contributed by atoms with Crippen molar-refractivity contribution in [3.05, 3.63) is 40.8 Å². The van der Waals surface area contributed by atoms with E-state index in [9.17, 15) is 9.59 Å². The zero-order chi connectivity index (χ0) is 16.2. The molecule has 0 spiro atoms. The lowest BCUT2D eigenvalue weighted by atomic mass is 10.2. The number of anilines is 2. The van der Waals surface area contributed by atoms with Crippen molar-refractivity contribution in [2.24, 2.45) is 0 Å². The standard InChI is InChI=1S/C15H17N3O3S/c1-15(2,3)21-14(20)18-11-6-4-10(5-7-11)17-12(19)13-16-8-9-22-13/h4-9H,1-3H3,(H,17,19)(H,18,20). The van der Waals surface area contributed by atoms with Crippen LogP contribution in [0.2, 0.25) is 0 Å². The number of ether oxygens (including phenoxy) is 1. The van der Waals surface area contributed by atoms with Gasteiger partial charge < -0.3 is 10.1 Å². The van der Waals surface area contributed by atoms with E-state index in [0.29, 0.717) is 16.4 Å². The highest BCUT2D eigenvalue weighted by molar-refractivity contribution is 7.11. The second-order valence-corrected chi connectivity index (χ2v) is 6.39. The number of nitrogens with one attached hydrogen (secondary N) is 2. The molecular formula is C15H17N3O3S. The number of aromatic nitrogens is 1. The Balaban J connectivity index is 1.93. The number of hydrogen-bond acceptors (Lipinski definition) is 5. The highest BCUT2D eigenvalue weighted by atomic mass is 32.1. The Hall–Kier alpha value is -2.41. The number of amides is 2. The second-order valence-electron chi connectivity index (χ2n) is 5.50. The zero-order valence-corrected chi connectivity index (χ0v) is 13.4. The molecule has 0 unspecified atom stereocenters. The first kappa shape index (κ1) is 16.0. The van der Waals surface area contributed by atoms with Gasteiger partial charge in [0.15, 0.2) is 5.01 Å². The van der Waals surface area contributed by atoms with Crippen molar-refractivity contribution in [1.29, 1.82) is 0 Å². The Morgan fingerprint density at radius 1 is 1.09 bits per heavy atom. The predicted molar refractivity (Wildman–Crippen MR) is 86.4 cm³/mol. The van der Waals surface area contributed by atoms with Crippen molar-refractivity contribution in [3.63, 3.8) is 0 Å². The topological polar surface area (TPSA) is 80.3 Å². The van der Waals surface area contributed by atoms with Crippen LogP contribution in [0.3, 0.4) is 0 Å². The van der Waals surface area contributed by atoms with Gasteiger partial charge in [0, 0.05) is 23.0 Å². The minimum atomic E-state index is -0.550. The third kappa shape index (κ3) is 4.85. The first-order valence-corrected chi connectivity index (χ1v) is 7.52. The van der Waals surface area contributed by atoms with Crippen molar-refractivity contribution >= 4 is 34.7 Å². The van der Waals surface area contributed by atoms with Crippen molar-refractivity contribution in [1.82, 2.24) is 4.98 Å². The largest absolute Gasteiger partial charge is 0.444 e. The van der Waals surface area contributed by atoms with E-state index < -0.39 is 11.7 Å². The number of carbonyl (C=O) groups excluding carboxylic acids is 2.